The van der Waals surface area contributed by atoms with Gasteiger partial charge in [-0.2, -0.15) is 0 Å². The SMILES string of the molecule is CC(N)CNC(C)CN(C(C)CNC1CCCC1)C1CCCC1. The molecular formula is C19H40N4. The Hall–Kier alpha value is -0.160. The van der Waals surface area contributed by atoms with Crippen LogP contribution in [0, 0.1) is 0 Å². The summed E-state index contributed by atoms with van der Waals surface area (Å²) in [5.74, 6) is 0. The summed E-state index contributed by atoms with van der Waals surface area (Å²) in [5.41, 5.74) is 5.88. The molecule has 0 bridgehead atoms. The molecule has 3 atom stereocenters. The van der Waals surface area contributed by atoms with E-state index < -0.39 is 0 Å². The molecule has 0 aromatic rings. The van der Waals surface area contributed by atoms with E-state index in [0.717, 1.165) is 31.7 Å². The van der Waals surface area contributed by atoms with Crippen LogP contribution in [0.25, 0.3) is 0 Å². The van der Waals surface area contributed by atoms with Gasteiger partial charge in [-0.25, -0.2) is 0 Å². The van der Waals surface area contributed by atoms with E-state index in [1.165, 1.54) is 51.4 Å². The monoisotopic (exact) mass is 324 g/mol. The maximum absolute atomic E-state index is 5.88. The Balaban J connectivity index is 1.82. The van der Waals surface area contributed by atoms with Crippen molar-refractivity contribution in [1.82, 2.24) is 15.5 Å². The van der Waals surface area contributed by atoms with Crippen molar-refractivity contribution in [2.24, 2.45) is 5.73 Å². The van der Waals surface area contributed by atoms with Crippen molar-refractivity contribution in [2.45, 2.75) is 102 Å². The van der Waals surface area contributed by atoms with Gasteiger partial charge in [-0.15, -0.1) is 0 Å². The average Bonchev–Trinajstić information content (AvgIpc) is 3.21. The molecule has 2 aliphatic carbocycles. The van der Waals surface area contributed by atoms with Crippen molar-refractivity contribution in [3.63, 3.8) is 0 Å². The van der Waals surface area contributed by atoms with Crippen molar-refractivity contribution < 1.29 is 0 Å². The van der Waals surface area contributed by atoms with Gasteiger partial charge in [-0.1, -0.05) is 25.7 Å². The highest BCUT2D eigenvalue weighted by Crippen LogP contribution is 2.25. The summed E-state index contributed by atoms with van der Waals surface area (Å²) in [7, 11) is 0. The lowest BCUT2D eigenvalue weighted by Gasteiger charge is -2.37. The predicted molar refractivity (Wildman–Crippen MR) is 99.8 cm³/mol. The molecule has 0 aliphatic heterocycles. The van der Waals surface area contributed by atoms with Crippen LogP contribution in [0.1, 0.15) is 72.1 Å². The summed E-state index contributed by atoms with van der Waals surface area (Å²) in [6.45, 7) is 9.99. The molecule has 0 heterocycles. The number of nitrogens with one attached hydrogen (secondary N) is 2. The lowest BCUT2D eigenvalue weighted by Crippen LogP contribution is -2.52. The van der Waals surface area contributed by atoms with Crippen molar-refractivity contribution in [3.8, 4) is 0 Å². The van der Waals surface area contributed by atoms with Gasteiger partial charge >= 0.3 is 0 Å². The molecule has 0 saturated heterocycles. The molecule has 4 N–H and O–H groups in total. The molecular weight excluding hydrogens is 284 g/mol. The van der Waals surface area contributed by atoms with Crippen LogP contribution >= 0.6 is 0 Å². The molecule has 0 amide bonds. The summed E-state index contributed by atoms with van der Waals surface area (Å²) in [5, 5.41) is 7.43. The highest BCUT2D eigenvalue weighted by molar-refractivity contribution is 4.86. The number of hydrogen-bond donors (Lipinski definition) is 3. The Morgan fingerprint density at radius 3 is 2.17 bits per heavy atom. The highest BCUT2D eigenvalue weighted by Gasteiger charge is 2.28. The highest BCUT2D eigenvalue weighted by atomic mass is 15.2. The maximum atomic E-state index is 5.88. The van der Waals surface area contributed by atoms with E-state index in [1.54, 1.807) is 0 Å². The lowest BCUT2D eigenvalue weighted by atomic mass is 10.1. The molecule has 2 fully saturated rings. The number of hydrogen-bond acceptors (Lipinski definition) is 4. The van der Waals surface area contributed by atoms with Crippen LogP contribution in [0.4, 0.5) is 0 Å². The zero-order chi connectivity index (χ0) is 16.7. The largest absolute Gasteiger partial charge is 0.327 e. The third kappa shape index (κ3) is 6.69. The number of nitrogens with zero attached hydrogens (tertiary/aromatic N) is 1. The quantitative estimate of drug-likeness (QED) is 0.578. The minimum atomic E-state index is 0.235. The Morgan fingerprint density at radius 1 is 0.957 bits per heavy atom. The van der Waals surface area contributed by atoms with E-state index in [-0.39, 0.29) is 6.04 Å². The Morgan fingerprint density at radius 2 is 1.57 bits per heavy atom. The Kier molecular flexibility index (Phi) is 8.31. The van der Waals surface area contributed by atoms with Crippen LogP contribution < -0.4 is 16.4 Å². The minimum absolute atomic E-state index is 0.235. The predicted octanol–water partition coefficient (Wildman–Crippen LogP) is 2.48. The second-order valence-corrected chi connectivity index (χ2v) is 8.16. The molecule has 0 spiro atoms. The Bertz CT molecular complexity index is 308. The summed E-state index contributed by atoms with van der Waals surface area (Å²) >= 11 is 0. The first-order valence-electron chi connectivity index (χ1n) is 10.0. The third-order valence-corrected chi connectivity index (χ3v) is 5.69. The molecule has 2 aliphatic rings. The molecule has 2 saturated carbocycles. The summed E-state index contributed by atoms with van der Waals surface area (Å²) in [6.07, 6.45) is 11.2. The van der Waals surface area contributed by atoms with Gasteiger partial charge in [0.2, 0.25) is 0 Å². The number of nitrogens with two attached hydrogens (primary N) is 1. The van der Waals surface area contributed by atoms with Gasteiger partial charge < -0.3 is 16.4 Å². The fourth-order valence-corrected chi connectivity index (χ4v) is 4.28. The van der Waals surface area contributed by atoms with Crippen molar-refractivity contribution in [2.75, 3.05) is 19.6 Å². The van der Waals surface area contributed by atoms with E-state index in [1.807, 2.05) is 0 Å². The van der Waals surface area contributed by atoms with Crippen molar-refractivity contribution in [1.29, 1.82) is 0 Å². The first-order valence-corrected chi connectivity index (χ1v) is 10.0. The van der Waals surface area contributed by atoms with Crippen molar-refractivity contribution in [3.05, 3.63) is 0 Å². The van der Waals surface area contributed by atoms with E-state index >= 15 is 0 Å². The van der Waals surface area contributed by atoms with Crippen LogP contribution in [-0.2, 0) is 0 Å². The van der Waals surface area contributed by atoms with Gasteiger partial charge in [0.05, 0.1) is 0 Å². The minimum Gasteiger partial charge on any atom is -0.327 e. The average molecular weight is 325 g/mol. The fourth-order valence-electron chi connectivity index (χ4n) is 4.28. The zero-order valence-corrected chi connectivity index (χ0v) is 15.7. The van der Waals surface area contributed by atoms with Crippen LogP contribution in [0.2, 0.25) is 0 Å². The first-order chi connectivity index (χ1) is 11.1. The topological polar surface area (TPSA) is 53.3 Å². The van der Waals surface area contributed by atoms with Crippen LogP contribution in [0.5, 0.6) is 0 Å². The molecule has 4 nitrogen and oxygen atoms in total. The molecule has 3 unspecified atom stereocenters. The fraction of sp³-hybridized carbons (Fsp3) is 1.00. The molecule has 0 radical (unpaired) electrons. The standard InChI is InChI=1S/C19H40N4/c1-15(20)12-21-16(2)14-23(19-10-6-7-11-19)17(3)13-22-18-8-4-5-9-18/h15-19,21-22H,4-14,20H2,1-3H3. The van der Waals surface area contributed by atoms with Gasteiger partial charge in [0.1, 0.15) is 0 Å². The van der Waals surface area contributed by atoms with Gasteiger partial charge in [0.15, 0.2) is 0 Å². The maximum Gasteiger partial charge on any atom is 0.0196 e. The van der Waals surface area contributed by atoms with Crippen LogP contribution in [-0.4, -0.2) is 54.7 Å². The first kappa shape index (κ1) is 19.2. The smallest absolute Gasteiger partial charge is 0.0196 e. The van der Waals surface area contributed by atoms with E-state index in [2.05, 4.69) is 36.3 Å². The molecule has 0 aromatic carbocycles. The summed E-state index contributed by atoms with van der Waals surface area (Å²) in [6, 6.07) is 2.93. The molecule has 0 aromatic heterocycles. The third-order valence-electron chi connectivity index (χ3n) is 5.69. The molecule has 23 heavy (non-hydrogen) atoms. The van der Waals surface area contributed by atoms with E-state index in [9.17, 15) is 0 Å². The van der Waals surface area contributed by atoms with Gasteiger partial charge in [-0.3, -0.25) is 4.90 Å². The van der Waals surface area contributed by atoms with Crippen LogP contribution in [0.15, 0.2) is 0 Å². The molecule has 136 valence electrons. The second-order valence-electron chi connectivity index (χ2n) is 8.16. The zero-order valence-electron chi connectivity index (χ0n) is 15.7. The number of rotatable bonds is 10. The summed E-state index contributed by atoms with van der Waals surface area (Å²) < 4.78 is 0. The van der Waals surface area contributed by atoms with E-state index in [4.69, 9.17) is 5.73 Å². The molecule has 4 heteroatoms. The molecule has 2 rings (SSSR count). The summed E-state index contributed by atoms with van der Waals surface area (Å²) in [4.78, 5) is 2.77. The lowest BCUT2D eigenvalue weighted by molar-refractivity contribution is 0.127. The Labute approximate surface area is 143 Å². The van der Waals surface area contributed by atoms with Gasteiger partial charge in [-0.05, 0) is 46.5 Å². The van der Waals surface area contributed by atoms with Crippen molar-refractivity contribution >= 4 is 0 Å². The van der Waals surface area contributed by atoms with Gasteiger partial charge in [0.25, 0.3) is 0 Å². The van der Waals surface area contributed by atoms with Crippen LogP contribution in [0.3, 0.4) is 0 Å². The van der Waals surface area contributed by atoms with E-state index in [0.29, 0.717) is 12.1 Å². The second kappa shape index (κ2) is 9.97. The van der Waals surface area contributed by atoms with Gasteiger partial charge in [0, 0.05) is 49.8 Å². The normalized spacial score (nSPS) is 24.4.